The van der Waals surface area contributed by atoms with Gasteiger partial charge in [0.25, 0.3) is 5.91 Å². The zero-order chi connectivity index (χ0) is 28.2. The molecule has 0 radical (unpaired) electrons. The van der Waals surface area contributed by atoms with Gasteiger partial charge in [-0.1, -0.05) is 18.2 Å². The zero-order valence-corrected chi connectivity index (χ0v) is 22.5. The summed E-state index contributed by atoms with van der Waals surface area (Å²) in [6.45, 7) is 2.47. The molecule has 40 heavy (non-hydrogen) atoms. The molecule has 0 unspecified atom stereocenters. The number of hydrogen-bond donors (Lipinski definition) is 0. The van der Waals surface area contributed by atoms with Crippen LogP contribution in [0.2, 0.25) is 0 Å². The molecule has 1 aliphatic rings. The van der Waals surface area contributed by atoms with E-state index in [1.165, 1.54) is 0 Å². The van der Waals surface area contributed by atoms with Crippen LogP contribution in [0.25, 0.3) is 11.0 Å². The highest BCUT2D eigenvalue weighted by atomic mass is 16.5. The maximum absolute atomic E-state index is 13.9. The van der Waals surface area contributed by atoms with Crippen molar-refractivity contribution < 1.29 is 33.0 Å². The lowest BCUT2D eigenvalue weighted by Gasteiger charge is -2.37. The molecule has 9 nitrogen and oxygen atoms in total. The molecule has 1 amide bonds. The molecule has 0 bridgehead atoms. The first kappa shape index (κ1) is 26.8. The minimum absolute atomic E-state index is 0.0496. The molecule has 1 aliphatic heterocycles. The molecule has 0 saturated heterocycles. The maximum atomic E-state index is 13.9. The first-order valence-electron chi connectivity index (χ1n) is 12.9. The van der Waals surface area contributed by atoms with Crippen molar-refractivity contribution >= 4 is 22.8 Å². The third-order valence-electron chi connectivity index (χ3n) is 6.91. The van der Waals surface area contributed by atoms with Crippen LogP contribution in [-0.4, -0.2) is 50.8 Å². The average Bonchev–Trinajstić information content (AvgIpc) is 2.98. The third kappa shape index (κ3) is 5.22. The molecule has 0 N–H and O–H groups in total. The van der Waals surface area contributed by atoms with Gasteiger partial charge in [0.05, 0.1) is 32.4 Å². The number of carbonyl (C=O) groups excluding carboxylic acids is 2. The van der Waals surface area contributed by atoms with Crippen LogP contribution in [0.3, 0.4) is 0 Å². The van der Waals surface area contributed by atoms with Crippen molar-refractivity contribution in [2.75, 3.05) is 34.0 Å². The fourth-order valence-corrected chi connectivity index (χ4v) is 4.89. The number of ether oxygens (including phenoxy) is 4. The number of benzene rings is 3. The van der Waals surface area contributed by atoms with Crippen LogP contribution in [0, 0.1) is 0 Å². The molecule has 0 spiro atoms. The summed E-state index contributed by atoms with van der Waals surface area (Å²) in [7, 11) is 3.12. The quantitative estimate of drug-likeness (QED) is 0.231. The monoisotopic (exact) mass is 543 g/mol. The predicted molar refractivity (Wildman–Crippen MR) is 147 cm³/mol. The largest absolute Gasteiger partial charge is 0.493 e. The number of rotatable bonds is 8. The van der Waals surface area contributed by atoms with E-state index in [4.69, 9.17) is 23.4 Å². The summed E-state index contributed by atoms with van der Waals surface area (Å²) < 4.78 is 27.6. The Kier molecular flexibility index (Phi) is 7.72. The summed E-state index contributed by atoms with van der Waals surface area (Å²) in [6, 6.07) is 18.4. The summed E-state index contributed by atoms with van der Waals surface area (Å²) in [6.07, 6.45) is 0.547. The van der Waals surface area contributed by atoms with E-state index < -0.39 is 23.5 Å². The van der Waals surface area contributed by atoms with E-state index >= 15 is 0 Å². The van der Waals surface area contributed by atoms with Gasteiger partial charge < -0.3 is 28.3 Å². The van der Waals surface area contributed by atoms with E-state index in [2.05, 4.69) is 0 Å². The van der Waals surface area contributed by atoms with Crippen LogP contribution in [0.4, 0.5) is 0 Å². The number of para-hydroxylation sites is 1. The van der Waals surface area contributed by atoms with Gasteiger partial charge in [0.2, 0.25) is 0 Å². The van der Waals surface area contributed by atoms with Crippen molar-refractivity contribution in [3.63, 3.8) is 0 Å². The highest BCUT2D eigenvalue weighted by Gasteiger charge is 2.34. The molecule has 5 rings (SSSR count). The second kappa shape index (κ2) is 11.5. The Morgan fingerprint density at radius 2 is 1.70 bits per heavy atom. The van der Waals surface area contributed by atoms with Crippen molar-refractivity contribution in [1.82, 2.24) is 4.90 Å². The van der Waals surface area contributed by atoms with Gasteiger partial charge >= 0.3 is 11.6 Å². The van der Waals surface area contributed by atoms with Gasteiger partial charge in [-0.15, -0.1) is 0 Å². The Hall–Kier alpha value is -4.79. The maximum Gasteiger partial charge on any atom is 0.349 e. The molecule has 0 fully saturated rings. The van der Waals surface area contributed by atoms with E-state index in [-0.39, 0.29) is 18.8 Å². The SMILES string of the molecule is CCOC(=O)c1ccc(OC[C@@H]2c3cc(OC)c(OC)cc3CCN2C(=O)c2cc3ccccc3oc2=O)cc1. The fraction of sp³-hybridized carbons (Fsp3) is 0.258. The van der Waals surface area contributed by atoms with Crippen LogP contribution in [-0.2, 0) is 11.2 Å². The Morgan fingerprint density at radius 1 is 0.975 bits per heavy atom. The van der Waals surface area contributed by atoms with Crippen LogP contribution in [0.15, 0.2) is 75.9 Å². The van der Waals surface area contributed by atoms with Crippen molar-refractivity contribution in [2.45, 2.75) is 19.4 Å². The number of esters is 1. The van der Waals surface area contributed by atoms with Gasteiger partial charge in [-0.05, 0) is 73.0 Å². The number of hydrogen-bond acceptors (Lipinski definition) is 8. The summed E-state index contributed by atoms with van der Waals surface area (Å²) in [5.41, 5.74) is 1.89. The van der Waals surface area contributed by atoms with Gasteiger partial charge in [-0.2, -0.15) is 0 Å². The number of nitrogens with zero attached hydrogens (tertiary/aromatic N) is 1. The van der Waals surface area contributed by atoms with Crippen LogP contribution in [0.5, 0.6) is 17.2 Å². The molecule has 9 heteroatoms. The van der Waals surface area contributed by atoms with E-state index in [0.717, 1.165) is 11.1 Å². The van der Waals surface area contributed by atoms with Crippen molar-refractivity contribution in [2.24, 2.45) is 0 Å². The fourth-order valence-electron chi connectivity index (χ4n) is 4.89. The van der Waals surface area contributed by atoms with Gasteiger partial charge in [0, 0.05) is 11.9 Å². The van der Waals surface area contributed by atoms with Crippen LogP contribution < -0.4 is 19.8 Å². The Morgan fingerprint density at radius 3 is 2.42 bits per heavy atom. The van der Waals surface area contributed by atoms with Gasteiger partial charge in [-0.3, -0.25) is 4.79 Å². The smallest absolute Gasteiger partial charge is 0.349 e. The van der Waals surface area contributed by atoms with Crippen molar-refractivity contribution in [3.05, 3.63) is 99.4 Å². The first-order valence-corrected chi connectivity index (χ1v) is 12.9. The molecule has 1 atom stereocenters. The van der Waals surface area contributed by atoms with Crippen molar-refractivity contribution in [1.29, 1.82) is 0 Å². The number of amides is 1. The lowest BCUT2D eigenvalue weighted by Crippen LogP contribution is -2.44. The van der Waals surface area contributed by atoms with Gasteiger partial charge in [-0.25, -0.2) is 9.59 Å². The summed E-state index contributed by atoms with van der Waals surface area (Å²) in [5, 5.41) is 0.656. The second-order valence-electron chi connectivity index (χ2n) is 9.21. The minimum atomic E-state index is -0.698. The molecule has 206 valence electrons. The first-order chi connectivity index (χ1) is 19.4. The van der Waals surface area contributed by atoms with Gasteiger partial charge in [0.15, 0.2) is 11.5 Å². The highest BCUT2D eigenvalue weighted by Crippen LogP contribution is 2.39. The normalized spacial score (nSPS) is 14.4. The number of fused-ring (bicyclic) bond motifs is 2. The van der Waals surface area contributed by atoms with E-state index in [1.54, 1.807) is 74.6 Å². The molecular formula is C31H29NO8. The molecular weight excluding hydrogens is 514 g/mol. The molecule has 0 aliphatic carbocycles. The standard InChI is InChI=1S/C31H29NO8/c1-4-38-30(34)19-9-11-22(12-10-19)39-18-25-23-17-28(37-3)27(36-2)16-20(23)13-14-32(25)29(33)24-15-21-7-5-6-8-26(21)40-31(24)35/h5-12,15-17,25H,4,13-14,18H2,1-3H3/t25-/m1/s1. The molecule has 0 saturated carbocycles. The van der Waals surface area contributed by atoms with Gasteiger partial charge in [0.1, 0.15) is 23.5 Å². The second-order valence-corrected chi connectivity index (χ2v) is 9.21. The minimum Gasteiger partial charge on any atom is -0.493 e. The topological polar surface area (TPSA) is 105 Å². The summed E-state index contributed by atoms with van der Waals surface area (Å²) in [5.74, 6) is 0.752. The number of methoxy groups -OCH3 is 2. The van der Waals surface area contributed by atoms with E-state index in [0.29, 0.717) is 46.7 Å². The zero-order valence-electron chi connectivity index (χ0n) is 22.5. The van der Waals surface area contributed by atoms with E-state index in [1.807, 2.05) is 18.2 Å². The molecule has 4 aromatic rings. The van der Waals surface area contributed by atoms with Crippen LogP contribution >= 0.6 is 0 Å². The average molecular weight is 544 g/mol. The highest BCUT2D eigenvalue weighted by molar-refractivity contribution is 5.97. The van der Waals surface area contributed by atoms with Crippen molar-refractivity contribution in [3.8, 4) is 17.2 Å². The summed E-state index contributed by atoms with van der Waals surface area (Å²) in [4.78, 5) is 40.3. The molecule has 1 aromatic heterocycles. The Labute approximate surface area is 230 Å². The Balaban J connectivity index is 1.49. The molecule has 2 heterocycles. The summed E-state index contributed by atoms with van der Waals surface area (Å²) >= 11 is 0. The Bertz CT molecular complexity index is 1610. The lowest BCUT2D eigenvalue weighted by atomic mass is 9.91. The number of carbonyl (C=O) groups is 2. The predicted octanol–water partition coefficient (Wildman–Crippen LogP) is 4.81. The molecule has 3 aromatic carbocycles. The van der Waals surface area contributed by atoms with Crippen LogP contribution in [0.1, 0.15) is 44.8 Å². The third-order valence-corrected chi connectivity index (χ3v) is 6.91. The van der Waals surface area contributed by atoms with E-state index in [9.17, 15) is 14.4 Å². The lowest BCUT2D eigenvalue weighted by molar-refractivity contribution is 0.0524.